The lowest BCUT2D eigenvalue weighted by Crippen LogP contribution is -2.44. The summed E-state index contributed by atoms with van der Waals surface area (Å²) >= 11 is 1.64. The molecule has 0 aliphatic carbocycles. The lowest BCUT2D eigenvalue weighted by atomic mass is 9.97. The Morgan fingerprint density at radius 1 is 1.40 bits per heavy atom. The molecule has 1 N–H and O–H groups in total. The van der Waals surface area contributed by atoms with Gasteiger partial charge in [0.05, 0.1) is 5.56 Å². The molecule has 1 saturated heterocycles. The van der Waals surface area contributed by atoms with E-state index in [1.54, 1.807) is 11.3 Å². The van der Waals surface area contributed by atoms with E-state index in [1.807, 2.05) is 24.8 Å². The number of carboxylic acids is 1. The minimum absolute atomic E-state index is 0.0712. The maximum Gasteiger partial charge on any atom is 0.303 e. The lowest BCUT2D eigenvalue weighted by molar-refractivity contribution is -0.137. The van der Waals surface area contributed by atoms with E-state index in [-0.39, 0.29) is 18.4 Å². The summed E-state index contributed by atoms with van der Waals surface area (Å²) in [7, 11) is 0. The fourth-order valence-electron chi connectivity index (χ4n) is 2.86. The van der Waals surface area contributed by atoms with Gasteiger partial charge in [-0.2, -0.15) is 0 Å². The van der Waals surface area contributed by atoms with Crippen LogP contribution in [0.3, 0.4) is 0 Å². The van der Waals surface area contributed by atoms with Crippen LogP contribution in [0.25, 0.3) is 0 Å². The van der Waals surface area contributed by atoms with E-state index < -0.39 is 5.97 Å². The van der Waals surface area contributed by atoms with Gasteiger partial charge in [0.1, 0.15) is 0 Å². The monoisotopic (exact) mass is 295 g/mol. The second-order valence-corrected chi connectivity index (χ2v) is 6.87. The minimum Gasteiger partial charge on any atom is -0.481 e. The Labute approximate surface area is 123 Å². The van der Waals surface area contributed by atoms with Crippen LogP contribution in [0.2, 0.25) is 0 Å². The Kier molecular flexibility index (Phi) is 4.81. The fourth-order valence-corrected chi connectivity index (χ4v) is 3.77. The van der Waals surface area contributed by atoms with E-state index in [0.29, 0.717) is 6.42 Å². The molecule has 1 aromatic rings. The number of amides is 1. The van der Waals surface area contributed by atoms with Crippen molar-refractivity contribution >= 4 is 23.2 Å². The number of aryl methyl sites for hydroxylation is 2. The van der Waals surface area contributed by atoms with Crippen molar-refractivity contribution in [2.45, 2.75) is 52.0 Å². The number of thiophene rings is 1. The summed E-state index contributed by atoms with van der Waals surface area (Å²) < 4.78 is 0. The van der Waals surface area contributed by atoms with Crippen molar-refractivity contribution in [3.8, 4) is 0 Å². The molecule has 1 amide bonds. The maximum atomic E-state index is 12.7. The third-order valence-corrected chi connectivity index (χ3v) is 4.82. The Hall–Kier alpha value is -1.36. The predicted molar refractivity (Wildman–Crippen MR) is 79.3 cm³/mol. The van der Waals surface area contributed by atoms with Crippen LogP contribution >= 0.6 is 11.3 Å². The minimum atomic E-state index is -0.787. The predicted octanol–water partition coefficient (Wildman–Crippen LogP) is 3.22. The van der Waals surface area contributed by atoms with Gasteiger partial charge in [-0.15, -0.1) is 11.3 Å². The third kappa shape index (κ3) is 3.39. The van der Waals surface area contributed by atoms with Gasteiger partial charge in [-0.25, -0.2) is 0 Å². The van der Waals surface area contributed by atoms with Crippen LogP contribution in [-0.2, 0) is 4.79 Å². The highest BCUT2D eigenvalue weighted by Gasteiger charge is 2.29. The molecule has 1 atom stereocenters. The van der Waals surface area contributed by atoms with Crippen LogP contribution in [0.1, 0.15) is 52.2 Å². The number of piperidine rings is 1. The first kappa shape index (κ1) is 15.0. The van der Waals surface area contributed by atoms with Crippen molar-refractivity contribution in [3.63, 3.8) is 0 Å². The number of carbonyl (C=O) groups excluding carboxylic acids is 1. The molecule has 0 saturated carbocycles. The van der Waals surface area contributed by atoms with Gasteiger partial charge >= 0.3 is 5.97 Å². The van der Waals surface area contributed by atoms with Gasteiger partial charge in [-0.3, -0.25) is 9.59 Å². The van der Waals surface area contributed by atoms with Crippen molar-refractivity contribution in [3.05, 3.63) is 21.4 Å². The zero-order valence-electron chi connectivity index (χ0n) is 12.0. The summed E-state index contributed by atoms with van der Waals surface area (Å²) in [6, 6.07) is 2.03. The van der Waals surface area contributed by atoms with E-state index in [0.717, 1.165) is 41.1 Å². The first-order valence-corrected chi connectivity index (χ1v) is 7.90. The topological polar surface area (TPSA) is 57.6 Å². The van der Waals surface area contributed by atoms with Crippen LogP contribution < -0.4 is 0 Å². The van der Waals surface area contributed by atoms with E-state index >= 15 is 0 Å². The van der Waals surface area contributed by atoms with Crippen LogP contribution in [0, 0.1) is 13.8 Å². The van der Waals surface area contributed by atoms with Crippen molar-refractivity contribution in [2.75, 3.05) is 6.54 Å². The van der Waals surface area contributed by atoms with E-state index in [9.17, 15) is 9.59 Å². The van der Waals surface area contributed by atoms with Gasteiger partial charge in [0.25, 0.3) is 5.91 Å². The second kappa shape index (κ2) is 6.39. The van der Waals surface area contributed by atoms with E-state index in [2.05, 4.69) is 0 Å². The van der Waals surface area contributed by atoms with Gasteiger partial charge in [-0.05, 0) is 45.6 Å². The average Bonchev–Trinajstić information content (AvgIpc) is 2.75. The highest BCUT2D eigenvalue weighted by Crippen LogP contribution is 2.27. The molecule has 4 nitrogen and oxygen atoms in total. The highest BCUT2D eigenvalue weighted by molar-refractivity contribution is 7.12. The maximum absolute atomic E-state index is 12.7. The molecule has 0 radical (unpaired) electrons. The van der Waals surface area contributed by atoms with Crippen LogP contribution in [0.15, 0.2) is 6.07 Å². The molecule has 1 unspecified atom stereocenters. The summed E-state index contributed by atoms with van der Waals surface area (Å²) in [4.78, 5) is 27.5. The van der Waals surface area contributed by atoms with Crippen LogP contribution in [-0.4, -0.2) is 34.5 Å². The van der Waals surface area contributed by atoms with Crippen molar-refractivity contribution in [1.82, 2.24) is 4.90 Å². The number of likely N-dealkylation sites (tertiary alicyclic amines) is 1. The molecule has 1 aromatic heterocycles. The molecule has 2 heterocycles. The summed E-state index contributed by atoms with van der Waals surface area (Å²) in [6.07, 6.45) is 3.70. The molecule has 20 heavy (non-hydrogen) atoms. The SMILES string of the molecule is Cc1cc(C(=O)N2CCCCC2CCC(=O)O)c(C)s1. The molecule has 5 heteroatoms. The number of hydrogen-bond donors (Lipinski definition) is 1. The smallest absolute Gasteiger partial charge is 0.303 e. The number of carbonyl (C=O) groups is 2. The zero-order valence-corrected chi connectivity index (χ0v) is 12.8. The molecule has 0 bridgehead atoms. The fraction of sp³-hybridized carbons (Fsp3) is 0.600. The van der Waals surface area contributed by atoms with Crippen LogP contribution in [0.4, 0.5) is 0 Å². The number of nitrogens with zero attached hydrogens (tertiary/aromatic N) is 1. The number of carboxylic acid groups (broad SMARTS) is 1. The van der Waals surface area contributed by atoms with Gasteiger partial charge in [0, 0.05) is 28.8 Å². The quantitative estimate of drug-likeness (QED) is 0.928. The van der Waals surface area contributed by atoms with Gasteiger partial charge in [0.15, 0.2) is 0 Å². The molecule has 1 aliphatic heterocycles. The largest absolute Gasteiger partial charge is 0.481 e. The van der Waals surface area contributed by atoms with Gasteiger partial charge < -0.3 is 10.0 Å². The Morgan fingerprint density at radius 3 is 2.75 bits per heavy atom. The van der Waals surface area contributed by atoms with Crippen LogP contribution in [0.5, 0.6) is 0 Å². The number of rotatable bonds is 4. The highest BCUT2D eigenvalue weighted by atomic mass is 32.1. The van der Waals surface area contributed by atoms with E-state index in [4.69, 9.17) is 5.11 Å². The summed E-state index contributed by atoms with van der Waals surface area (Å²) in [5, 5.41) is 8.83. The molecule has 0 aromatic carbocycles. The molecule has 1 fully saturated rings. The zero-order chi connectivity index (χ0) is 14.7. The molecule has 2 rings (SSSR count). The van der Waals surface area contributed by atoms with Crippen molar-refractivity contribution < 1.29 is 14.7 Å². The Bertz CT molecular complexity index is 509. The van der Waals surface area contributed by atoms with E-state index in [1.165, 1.54) is 0 Å². The summed E-state index contributed by atoms with van der Waals surface area (Å²) in [5.74, 6) is -0.715. The van der Waals surface area contributed by atoms with Gasteiger partial charge in [0.2, 0.25) is 0 Å². The Balaban J connectivity index is 2.12. The number of hydrogen-bond acceptors (Lipinski definition) is 3. The summed E-state index contributed by atoms with van der Waals surface area (Å²) in [5.41, 5.74) is 0.787. The second-order valence-electron chi connectivity index (χ2n) is 5.41. The number of aliphatic carboxylic acids is 1. The standard InChI is InChI=1S/C15H21NO3S/c1-10-9-13(11(2)20-10)15(19)16-8-4-3-5-12(16)6-7-14(17)18/h9,12H,3-8H2,1-2H3,(H,17,18). The van der Waals surface area contributed by atoms with Gasteiger partial charge in [-0.1, -0.05) is 0 Å². The Morgan fingerprint density at radius 2 is 2.15 bits per heavy atom. The third-order valence-electron chi connectivity index (χ3n) is 3.85. The molecular weight excluding hydrogens is 274 g/mol. The molecule has 110 valence electrons. The molecular formula is C15H21NO3S. The van der Waals surface area contributed by atoms with Crippen molar-refractivity contribution in [1.29, 1.82) is 0 Å². The van der Waals surface area contributed by atoms with Crippen molar-refractivity contribution in [2.24, 2.45) is 0 Å². The summed E-state index contributed by atoms with van der Waals surface area (Å²) in [6.45, 7) is 4.73. The first-order valence-electron chi connectivity index (χ1n) is 7.09. The molecule has 1 aliphatic rings. The lowest BCUT2D eigenvalue weighted by Gasteiger charge is -2.35. The average molecular weight is 295 g/mol. The first-order chi connectivity index (χ1) is 9.49. The normalized spacial score (nSPS) is 19.1. The molecule has 0 spiro atoms.